The Labute approximate surface area is 330 Å². The van der Waals surface area contributed by atoms with Crippen molar-refractivity contribution in [3.63, 3.8) is 0 Å². The zero-order chi connectivity index (χ0) is 43.0. The van der Waals surface area contributed by atoms with Crippen LogP contribution in [0.5, 0.6) is 23.0 Å². The molecule has 0 aliphatic carbocycles. The Hall–Kier alpha value is -7.12. The van der Waals surface area contributed by atoms with E-state index in [0.29, 0.717) is 0 Å². The summed E-state index contributed by atoms with van der Waals surface area (Å²) < 4.78 is 4.37. The summed E-state index contributed by atoms with van der Waals surface area (Å²) in [6, 6.07) is 5.09. The molecule has 0 spiro atoms. The van der Waals surface area contributed by atoms with Crippen LogP contribution in [0.3, 0.4) is 0 Å². The summed E-state index contributed by atoms with van der Waals surface area (Å²) in [4.78, 5) is 105. The normalized spacial score (nSPS) is 11.0. The molecular weight excluding hydrogens is 760 g/mol. The van der Waals surface area contributed by atoms with E-state index in [9.17, 15) is 58.8 Å². The van der Waals surface area contributed by atoms with Crippen molar-refractivity contribution in [2.75, 3.05) is 39.3 Å². The molecule has 0 unspecified atom stereocenters. The van der Waals surface area contributed by atoms with Crippen LogP contribution in [0.25, 0.3) is 0 Å². The van der Waals surface area contributed by atoms with Gasteiger partial charge in [-0.1, -0.05) is 6.92 Å². The van der Waals surface area contributed by atoms with Crippen molar-refractivity contribution < 1.29 is 39.6 Å². The van der Waals surface area contributed by atoms with Crippen LogP contribution in [-0.2, 0) is 28.2 Å². The third-order valence-electron chi connectivity index (χ3n) is 9.34. The van der Waals surface area contributed by atoms with Gasteiger partial charge >= 0.3 is 0 Å². The first kappa shape index (κ1) is 43.6. The highest BCUT2D eigenvalue weighted by Gasteiger charge is 2.27. The molecular formula is C38H46N8O12. The minimum atomic E-state index is -0.817. The first-order chi connectivity index (χ1) is 27.3. The summed E-state index contributed by atoms with van der Waals surface area (Å²) in [6.45, 7) is 1.45. The lowest BCUT2D eigenvalue weighted by molar-refractivity contribution is 0.0664. The highest BCUT2D eigenvalue weighted by atomic mass is 16.3. The molecule has 4 amide bonds. The summed E-state index contributed by atoms with van der Waals surface area (Å²) in [7, 11) is 5.60. The molecule has 0 aliphatic heterocycles. The van der Waals surface area contributed by atoms with Crippen molar-refractivity contribution in [3.05, 3.63) is 113 Å². The SMILES string of the molecule is CC(CN(CCCNC(=O)c1ccn(C)c(=O)c1O)C(=O)c1ccn(C)c(=O)c1O)CN(CCCNC(=O)c1ccn(C)c(=O)c1O)C(=O)c1ccn(C)c(=O)c1O. The number of amides is 4. The fourth-order valence-electron chi connectivity index (χ4n) is 6.01. The van der Waals surface area contributed by atoms with Crippen LogP contribution in [0.4, 0.5) is 0 Å². The minimum Gasteiger partial charge on any atom is -0.502 e. The Morgan fingerprint density at radius 3 is 1.12 bits per heavy atom. The Kier molecular flexibility index (Phi) is 14.0. The molecule has 4 heterocycles. The van der Waals surface area contributed by atoms with Gasteiger partial charge in [-0.3, -0.25) is 38.4 Å². The number of nitrogens with zero attached hydrogens (tertiary/aromatic N) is 6. The van der Waals surface area contributed by atoms with Crippen LogP contribution in [0, 0.1) is 5.92 Å². The molecule has 20 heteroatoms. The van der Waals surface area contributed by atoms with Gasteiger partial charge in [-0.25, -0.2) is 0 Å². The standard InChI is InChI=1S/C38H46N8O12/c1-22(20-45(33(53)25-10-18-43(4)37(57)29(25)49)14-6-12-39-31(51)23-8-16-41(2)35(55)27(23)47)21-46(34(54)26-11-19-44(5)38(58)30(26)50)15-7-13-40-32(52)24-9-17-42(3)36(56)28(24)48/h8-11,16-19,22,47-50H,6-7,12-15,20-21H2,1-5H3,(H,39,51)(H,40,52). The summed E-state index contributed by atoms with van der Waals surface area (Å²) >= 11 is 0. The summed E-state index contributed by atoms with van der Waals surface area (Å²) in [6.07, 6.45) is 5.52. The quantitative estimate of drug-likeness (QED) is 0.0758. The number of aryl methyl sites for hydroxylation is 4. The Balaban J connectivity index is 1.53. The van der Waals surface area contributed by atoms with Crippen molar-refractivity contribution in [3.8, 4) is 23.0 Å². The first-order valence-electron chi connectivity index (χ1n) is 18.0. The third-order valence-corrected chi connectivity index (χ3v) is 9.34. The highest BCUT2D eigenvalue weighted by molar-refractivity contribution is 5.98. The van der Waals surface area contributed by atoms with Crippen LogP contribution >= 0.6 is 0 Å². The molecule has 0 atom stereocenters. The molecule has 0 bridgehead atoms. The number of hydrogen-bond acceptors (Lipinski definition) is 12. The maximum absolute atomic E-state index is 13.9. The largest absolute Gasteiger partial charge is 0.502 e. The fourth-order valence-corrected chi connectivity index (χ4v) is 6.01. The van der Waals surface area contributed by atoms with E-state index in [2.05, 4.69) is 10.6 Å². The van der Waals surface area contributed by atoms with E-state index in [1.54, 1.807) is 6.92 Å². The molecule has 4 aromatic rings. The van der Waals surface area contributed by atoms with Gasteiger partial charge in [0.15, 0.2) is 23.0 Å². The monoisotopic (exact) mass is 806 g/mol. The van der Waals surface area contributed by atoms with Gasteiger partial charge in [0, 0.05) is 92.2 Å². The second-order valence-corrected chi connectivity index (χ2v) is 13.8. The van der Waals surface area contributed by atoms with Gasteiger partial charge in [0.25, 0.3) is 45.9 Å². The van der Waals surface area contributed by atoms with Crippen molar-refractivity contribution in [2.45, 2.75) is 19.8 Å². The zero-order valence-corrected chi connectivity index (χ0v) is 32.6. The number of aromatic nitrogens is 4. The predicted octanol–water partition coefficient (Wildman–Crippen LogP) is -0.835. The molecule has 4 aromatic heterocycles. The van der Waals surface area contributed by atoms with Crippen LogP contribution in [-0.4, -0.2) is 111 Å². The fraction of sp³-hybridized carbons (Fsp3) is 0.368. The lowest BCUT2D eigenvalue weighted by Gasteiger charge is -2.31. The molecule has 0 aromatic carbocycles. The topological polar surface area (TPSA) is 268 Å². The average Bonchev–Trinajstić information content (AvgIpc) is 3.19. The molecule has 58 heavy (non-hydrogen) atoms. The van der Waals surface area contributed by atoms with E-state index >= 15 is 0 Å². The lowest BCUT2D eigenvalue weighted by Crippen LogP contribution is -2.43. The lowest BCUT2D eigenvalue weighted by atomic mass is 10.1. The van der Waals surface area contributed by atoms with Crippen LogP contribution in [0.1, 0.15) is 61.2 Å². The first-order valence-corrected chi connectivity index (χ1v) is 18.0. The smallest absolute Gasteiger partial charge is 0.293 e. The van der Waals surface area contributed by atoms with Crippen LogP contribution < -0.4 is 32.9 Å². The number of rotatable bonds is 16. The van der Waals surface area contributed by atoms with Gasteiger partial charge in [-0.05, 0) is 43.0 Å². The van der Waals surface area contributed by atoms with E-state index in [1.165, 1.54) is 87.0 Å². The number of carbonyl (C=O) groups excluding carboxylic acids is 4. The minimum absolute atomic E-state index is 0.0257. The molecule has 0 radical (unpaired) electrons. The van der Waals surface area contributed by atoms with Crippen molar-refractivity contribution in [1.29, 1.82) is 0 Å². The molecule has 0 saturated carbocycles. The van der Waals surface area contributed by atoms with Gasteiger partial charge in [0.05, 0.1) is 22.3 Å². The maximum atomic E-state index is 13.9. The van der Waals surface area contributed by atoms with Gasteiger partial charge in [-0.15, -0.1) is 0 Å². The van der Waals surface area contributed by atoms with E-state index < -0.39 is 74.8 Å². The van der Waals surface area contributed by atoms with Crippen molar-refractivity contribution in [2.24, 2.45) is 34.1 Å². The molecule has 4 rings (SSSR count). The second kappa shape index (κ2) is 18.7. The van der Waals surface area contributed by atoms with Gasteiger partial charge in [0.1, 0.15) is 0 Å². The number of aromatic hydroxyl groups is 4. The Morgan fingerprint density at radius 1 is 0.534 bits per heavy atom. The Bertz CT molecular complexity index is 2300. The van der Waals surface area contributed by atoms with E-state index in [1.807, 2.05) is 0 Å². The van der Waals surface area contributed by atoms with Gasteiger partial charge in [-0.2, -0.15) is 0 Å². The van der Waals surface area contributed by atoms with Gasteiger partial charge in [0.2, 0.25) is 0 Å². The number of carbonyl (C=O) groups is 4. The van der Waals surface area contributed by atoms with E-state index in [4.69, 9.17) is 0 Å². The third kappa shape index (κ3) is 9.81. The Morgan fingerprint density at radius 2 is 0.810 bits per heavy atom. The summed E-state index contributed by atoms with van der Waals surface area (Å²) in [5, 5.41) is 46.7. The molecule has 0 fully saturated rings. The molecule has 0 aliphatic rings. The number of nitrogens with one attached hydrogen (secondary N) is 2. The molecule has 20 nitrogen and oxygen atoms in total. The molecule has 6 N–H and O–H groups in total. The van der Waals surface area contributed by atoms with E-state index in [0.717, 1.165) is 18.3 Å². The average molecular weight is 807 g/mol. The maximum Gasteiger partial charge on any atom is 0.293 e. The highest BCUT2D eigenvalue weighted by Crippen LogP contribution is 2.19. The van der Waals surface area contributed by atoms with Crippen molar-refractivity contribution >= 4 is 23.6 Å². The molecule has 0 saturated heterocycles. The van der Waals surface area contributed by atoms with Crippen molar-refractivity contribution in [1.82, 2.24) is 38.7 Å². The summed E-state index contributed by atoms with van der Waals surface area (Å²) in [5.74, 6) is -6.53. The van der Waals surface area contributed by atoms with Gasteiger partial charge < -0.3 is 59.1 Å². The van der Waals surface area contributed by atoms with Crippen LogP contribution in [0.2, 0.25) is 0 Å². The second-order valence-electron chi connectivity index (χ2n) is 13.8. The zero-order valence-electron chi connectivity index (χ0n) is 32.6. The number of pyridine rings is 4. The van der Waals surface area contributed by atoms with E-state index in [-0.39, 0.29) is 74.4 Å². The molecule has 310 valence electrons. The number of hydrogen-bond donors (Lipinski definition) is 6. The summed E-state index contributed by atoms with van der Waals surface area (Å²) in [5.41, 5.74) is -4.24. The van der Waals surface area contributed by atoms with Crippen LogP contribution in [0.15, 0.2) is 68.2 Å². The predicted molar refractivity (Wildman–Crippen MR) is 208 cm³/mol.